The maximum absolute atomic E-state index is 11.4. The summed E-state index contributed by atoms with van der Waals surface area (Å²) in [6.07, 6.45) is -1.24. The van der Waals surface area contributed by atoms with Crippen molar-refractivity contribution in [2.45, 2.75) is 32.7 Å². The van der Waals surface area contributed by atoms with E-state index in [9.17, 15) is 14.7 Å². The fourth-order valence-electron chi connectivity index (χ4n) is 2.98. The van der Waals surface area contributed by atoms with Gasteiger partial charge in [0.25, 0.3) is 0 Å². The highest BCUT2D eigenvalue weighted by Gasteiger charge is 2.22. The first kappa shape index (κ1) is 21.9. The number of carboxylic acids is 1. The van der Waals surface area contributed by atoms with E-state index in [2.05, 4.69) is 0 Å². The highest BCUT2D eigenvalue weighted by molar-refractivity contribution is 5.77. The predicted molar refractivity (Wildman–Crippen MR) is 115 cm³/mol. The van der Waals surface area contributed by atoms with Crippen LogP contribution in [0.1, 0.15) is 23.6 Å². The minimum atomic E-state index is -1.27. The molecule has 0 spiro atoms. The molecule has 0 heterocycles. The fourth-order valence-corrected chi connectivity index (χ4v) is 2.98. The smallest absolute Gasteiger partial charge is 0.345 e. The lowest BCUT2D eigenvalue weighted by Crippen LogP contribution is -2.28. The van der Waals surface area contributed by atoms with Crippen LogP contribution in [-0.4, -0.2) is 23.1 Å². The first-order chi connectivity index (χ1) is 15.0. The minimum Gasteiger partial charge on any atom is -0.485 e. The third-order valence-corrected chi connectivity index (χ3v) is 4.49. The molecule has 1 atom stereocenters. The van der Waals surface area contributed by atoms with Crippen molar-refractivity contribution >= 4 is 11.9 Å². The molecule has 0 amide bonds. The molecule has 0 aliphatic rings. The average molecular weight is 420 g/mol. The van der Waals surface area contributed by atoms with Crippen molar-refractivity contribution in [1.29, 1.82) is 0 Å². The summed E-state index contributed by atoms with van der Waals surface area (Å²) in [7, 11) is 0. The van der Waals surface area contributed by atoms with Gasteiger partial charge in [0.1, 0.15) is 13.2 Å². The van der Waals surface area contributed by atoms with Gasteiger partial charge in [-0.3, -0.25) is 4.79 Å². The Kier molecular flexibility index (Phi) is 7.65. The summed E-state index contributed by atoms with van der Waals surface area (Å²) >= 11 is 0. The summed E-state index contributed by atoms with van der Waals surface area (Å²) in [5, 5.41) is 9.34. The van der Waals surface area contributed by atoms with Crippen LogP contribution in [0.25, 0.3) is 0 Å². The lowest BCUT2D eigenvalue weighted by atomic mass is 10.1. The fraction of sp³-hybridized carbons (Fsp3) is 0.200. The number of aliphatic carboxylic acids is 1. The van der Waals surface area contributed by atoms with E-state index in [1.54, 1.807) is 18.2 Å². The van der Waals surface area contributed by atoms with Gasteiger partial charge in [0.15, 0.2) is 11.5 Å². The van der Waals surface area contributed by atoms with E-state index in [-0.39, 0.29) is 6.42 Å². The Morgan fingerprint density at radius 3 is 1.84 bits per heavy atom. The van der Waals surface area contributed by atoms with Crippen LogP contribution < -0.4 is 9.47 Å². The van der Waals surface area contributed by atoms with Crippen LogP contribution in [0.2, 0.25) is 0 Å². The summed E-state index contributed by atoms with van der Waals surface area (Å²) < 4.78 is 16.9. The standard InChI is InChI=1S/C25H24O6/c1-18(26)31-24(25(27)28)15-21-12-13-22(29-16-19-8-4-2-5-9-19)23(14-21)30-17-20-10-6-3-7-11-20/h2-14,24H,15-17H2,1H3,(H,27,28). The van der Waals surface area contributed by atoms with E-state index < -0.39 is 18.0 Å². The monoisotopic (exact) mass is 420 g/mol. The van der Waals surface area contributed by atoms with Crippen molar-refractivity contribution in [3.05, 3.63) is 95.6 Å². The second-order valence-electron chi connectivity index (χ2n) is 6.97. The molecule has 6 heteroatoms. The zero-order valence-corrected chi connectivity index (χ0v) is 17.2. The molecule has 31 heavy (non-hydrogen) atoms. The second kappa shape index (κ2) is 10.8. The van der Waals surface area contributed by atoms with Gasteiger partial charge in [-0.15, -0.1) is 0 Å². The van der Waals surface area contributed by atoms with Crippen LogP contribution in [0.15, 0.2) is 78.9 Å². The van der Waals surface area contributed by atoms with Crippen molar-refractivity contribution in [3.8, 4) is 11.5 Å². The second-order valence-corrected chi connectivity index (χ2v) is 6.97. The number of carbonyl (C=O) groups is 2. The Bertz CT molecular complexity index is 1000. The summed E-state index contributed by atoms with van der Waals surface area (Å²) in [6, 6.07) is 24.7. The Morgan fingerprint density at radius 1 is 0.774 bits per heavy atom. The molecule has 0 aromatic heterocycles. The molecule has 3 rings (SSSR count). The van der Waals surface area contributed by atoms with E-state index in [1.807, 2.05) is 60.7 Å². The highest BCUT2D eigenvalue weighted by Crippen LogP contribution is 2.31. The number of rotatable bonds is 10. The molecule has 3 aromatic carbocycles. The topological polar surface area (TPSA) is 82.1 Å². The van der Waals surface area contributed by atoms with Gasteiger partial charge < -0.3 is 19.3 Å². The van der Waals surface area contributed by atoms with Gasteiger partial charge in [-0.2, -0.15) is 0 Å². The van der Waals surface area contributed by atoms with Crippen LogP contribution in [0.4, 0.5) is 0 Å². The number of carbonyl (C=O) groups excluding carboxylic acids is 1. The van der Waals surface area contributed by atoms with E-state index in [0.717, 1.165) is 11.1 Å². The van der Waals surface area contributed by atoms with Gasteiger partial charge in [-0.25, -0.2) is 4.79 Å². The molecule has 1 N–H and O–H groups in total. The molecule has 6 nitrogen and oxygen atoms in total. The zero-order valence-electron chi connectivity index (χ0n) is 17.2. The van der Waals surface area contributed by atoms with E-state index in [1.165, 1.54) is 6.92 Å². The van der Waals surface area contributed by atoms with Gasteiger partial charge in [-0.1, -0.05) is 66.7 Å². The molecular weight excluding hydrogens is 396 g/mol. The molecule has 0 fully saturated rings. The number of esters is 1. The molecule has 0 bridgehead atoms. The van der Waals surface area contributed by atoms with Crippen molar-refractivity contribution in [1.82, 2.24) is 0 Å². The number of carboxylic acid groups (broad SMARTS) is 1. The molecule has 160 valence electrons. The van der Waals surface area contributed by atoms with E-state index >= 15 is 0 Å². The average Bonchev–Trinajstić information content (AvgIpc) is 2.77. The van der Waals surface area contributed by atoms with Gasteiger partial charge in [0.05, 0.1) is 0 Å². The third-order valence-electron chi connectivity index (χ3n) is 4.49. The van der Waals surface area contributed by atoms with E-state index in [0.29, 0.717) is 30.3 Å². The Labute approximate surface area is 181 Å². The molecule has 0 aliphatic heterocycles. The Balaban J connectivity index is 1.79. The van der Waals surface area contributed by atoms with Crippen molar-refractivity contribution in [3.63, 3.8) is 0 Å². The van der Waals surface area contributed by atoms with Crippen LogP contribution in [0.3, 0.4) is 0 Å². The largest absolute Gasteiger partial charge is 0.485 e. The summed E-state index contributed by atoms with van der Waals surface area (Å²) in [4.78, 5) is 22.6. The van der Waals surface area contributed by atoms with Gasteiger partial charge >= 0.3 is 11.9 Å². The lowest BCUT2D eigenvalue weighted by molar-refractivity contribution is -0.162. The maximum atomic E-state index is 11.4. The number of benzene rings is 3. The normalized spacial score (nSPS) is 11.4. The van der Waals surface area contributed by atoms with Gasteiger partial charge in [0.2, 0.25) is 6.10 Å². The molecule has 0 aliphatic carbocycles. The summed E-state index contributed by atoms with van der Waals surface area (Å²) in [6.45, 7) is 1.89. The molecule has 0 radical (unpaired) electrons. The number of hydrogen-bond acceptors (Lipinski definition) is 5. The number of ether oxygens (including phenoxy) is 3. The number of hydrogen-bond donors (Lipinski definition) is 1. The SMILES string of the molecule is CC(=O)OC(Cc1ccc(OCc2ccccc2)c(OCc2ccccc2)c1)C(=O)O. The lowest BCUT2D eigenvalue weighted by Gasteiger charge is -2.16. The first-order valence-corrected chi connectivity index (χ1v) is 9.87. The van der Waals surface area contributed by atoms with Crippen molar-refractivity contribution < 1.29 is 28.9 Å². The Hall–Kier alpha value is -3.80. The Morgan fingerprint density at radius 2 is 1.32 bits per heavy atom. The minimum absolute atomic E-state index is 0.0234. The summed E-state index contributed by atoms with van der Waals surface area (Å²) in [5.74, 6) is -0.811. The van der Waals surface area contributed by atoms with Crippen LogP contribution in [0.5, 0.6) is 11.5 Å². The zero-order chi connectivity index (χ0) is 22.1. The highest BCUT2D eigenvalue weighted by atomic mass is 16.6. The quantitative estimate of drug-likeness (QED) is 0.490. The molecule has 3 aromatic rings. The molecule has 0 saturated heterocycles. The van der Waals surface area contributed by atoms with Gasteiger partial charge in [-0.05, 0) is 28.8 Å². The molecule has 0 saturated carbocycles. The summed E-state index contributed by atoms with van der Waals surface area (Å²) in [5.41, 5.74) is 2.66. The van der Waals surface area contributed by atoms with Crippen LogP contribution >= 0.6 is 0 Å². The van der Waals surface area contributed by atoms with Gasteiger partial charge in [0, 0.05) is 13.3 Å². The third kappa shape index (κ3) is 6.89. The van der Waals surface area contributed by atoms with Crippen LogP contribution in [0, 0.1) is 0 Å². The van der Waals surface area contributed by atoms with Crippen molar-refractivity contribution in [2.24, 2.45) is 0 Å². The molecular formula is C25H24O6. The van der Waals surface area contributed by atoms with Crippen LogP contribution in [-0.2, 0) is 34.0 Å². The maximum Gasteiger partial charge on any atom is 0.345 e. The van der Waals surface area contributed by atoms with E-state index in [4.69, 9.17) is 14.2 Å². The molecule has 1 unspecified atom stereocenters. The van der Waals surface area contributed by atoms with Crippen molar-refractivity contribution in [2.75, 3.05) is 0 Å². The first-order valence-electron chi connectivity index (χ1n) is 9.87. The predicted octanol–water partition coefficient (Wildman–Crippen LogP) is 4.40.